The highest BCUT2D eigenvalue weighted by Crippen LogP contribution is 2.25. The smallest absolute Gasteiger partial charge is 0.123 e. The van der Waals surface area contributed by atoms with E-state index >= 15 is 0 Å². The Morgan fingerprint density at radius 2 is 2.10 bits per heavy atom. The van der Waals surface area contributed by atoms with Crippen LogP contribution in [0.25, 0.3) is 0 Å². The SMILES string of the molecule is COc1ccc(CN)cc1CN1CCCN2CCCC2C1. The highest BCUT2D eigenvalue weighted by atomic mass is 16.5. The summed E-state index contributed by atoms with van der Waals surface area (Å²) in [5.41, 5.74) is 8.23. The molecule has 1 unspecified atom stereocenters. The zero-order valence-corrected chi connectivity index (χ0v) is 13.1. The van der Waals surface area contributed by atoms with Crippen LogP contribution in [0.1, 0.15) is 30.4 Å². The topological polar surface area (TPSA) is 41.7 Å². The van der Waals surface area contributed by atoms with Crippen LogP contribution in [0.15, 0.2) is 18.2 Å². The van der Waals surface area contributed by atoms with E-state index in [0.29, 0.717) is 6.54 Å². The fraction of sp³-hybridized carbons (Fsp3) is 0.647. The molecule has 0 bridgehead atoms. The van der Waals surface area contributed by atoms with Crippen molar-refractivity contribution in [2.24, 2.45) is 5.73 Å². The van der Waals surface area contributed by atoms with Gasteiger partial charge in [0.25, 0.3) is 0 Å². The Bertz CT molecular complexity index is 477. The molecule has 4 heteroatoms. The molecule has 21 heavy (non-hydrogen) atoms. The van der Waals surface area contributed by atoms with Gasteiger partial charge in [0.2, 0.25) is 0 Å². The fourth-order valence-electron chi connectivity index (χ4n) is 3.75. The number of ether oxygens (including phenoxy) is 1. The average molecular weight is 289 g/mol. The maximum Gasteiger partial charge on any atom is 0.123 e. The maximum atomic E-state index is 5.78. The second-order valence-corrected chi connectivity index (χ2v) is 6.27. The van der Waals surface area contributed by atoms with Gasteiger partial charge in [0.1, 0.15) is 5.75 Å². The first kappa shape index (κ1) is 14.8. The average Bonchev–Trinajstić information content (AvgIpc) is 2.86. The number of rotatable bonds is 4. The first-order valence-corrected chi connectivity index (χ1v) is 8.12. The maximum absolute atomic E-state index is 5.78. The molecule has 0 aliphatic carbocycles. The van der Waals surface area contributed by atoms with Crippen molar-refractivity contribution in [3.05, 3.63) is 29.3 Å². The van der Waals surface area contributed by atoms with E-state index in [9.17, 15) is 0 Å². The predicted molar refractivity (Wildman–Crippen MR) is 85.4 cm³/mol. The summed E-state index contributed by atoms with van der Waals surface area (Å²) in [6, 6.07) is 7.08. The van der Waals surface area contributed by atoms with E-state index in [2.05, 4.69) is 28.0 Å². The van der Waals surface area contributed by atoms with Crippen molar-refractivity contribution in [3.8, 4) is 5.75 Å². The minimum atomic E-state index is 0.591. The summed E-state index contributed by atoms with van der Waals surface area (Å²) in [5.74, 6) is 0.986. The Balaban J connectivity index is 1.72. The van der Waals surface area contributed by atoms with Crippen molar-refractivity contribution in [1.29, 1.82) is 0 Å². The number of nitrogens with two attached hydrogens (primary N) is 1. The van der Waals surface area contributed by atoms with Gasteiger partial charge in [-0.1, -0.05) is 6.07 Å². The van der Waals surface area contributed by atoms with Crippen molar-refractivity contribution >= 4 is 0 Å². The highest BCUT2D eigenvalue weighted by molar-refractivity contribution is 5.37. The third-order valence-electron chi connectivity index (χ3n) is 4.86. The van der Waals surface area contributed by atoms with Crippen LogP contribution < -0.4 is 10.5 Å². The molecule has 0 aromatic heterocycles. The number of nitrogens with zero attached hydrogens (tertiary/aromatic N) is 2. The minimum absolute atomic E-state index is 0.591. The standard InChI is InChI=1S/C17H27N3O/c1-21-17-6-5-14(11-18)10-15(17)12-19-7-3-9-20-8-2-4-16(20)13-19/h5-6,10,16H,2-4,7-9,11-13,18H2,1H3. The molecule has 116 valence electrons. The first-order chi connectivity index (χ1) is 10.3. The van der Waals surface area contributed by atoms with Gasteiger partial charge in [0, 0.05) is 31.2 Å². The second-order valence-electron chi connectivity index (χ2n) is 6.27. The zero-order chi connectivity index (χ0) is 14.7. The largest absolute Gasteiger partial charge is 0.496 e. The van der Waals surface area contributed by atoms with Crippen molar-refractivity contribution in [2.75, 3.05) is 33.3 Å². The molecule has 2 aliphatic rings. The van der Waals surface area contributed by atoms with Crippen LogP contribution in [0.3, 0.4) is 0 Å². The summed E-state index contributed by atoms with van der Waals surface area (Å²) in [7, 11) is 1.75. The van der Waals surface area contributed by atoms with Crippen molar-refractivity contribution < 1.29 is 4.74 Å². The molecule has 3 rings (SSSR count). The summed E-state index contributed by atoms with van der Waals surface area (Å²) in [6.45, 7) is 6.50. The molecule has 4 nitrogen and oxygen atoms in total. The molecule has 0 spiro atoms. The fourth-order valence-corrected chi connectivity index (χ4v) is 3.75. The lowest BCUT2D eigenvalue weighted by molar-refractivity contribution is 0.214. The van der Waals surface area contributed by atoms with E-state index in [-0.39, 0.29) is 0 Å². The quantitative estimate of drug-likeness (QED) is 0.918. The molecule has 0 amide bonds. The molecule has 2 heterocycles. The Hall–Kier alpha value is -1.10. The third kappa shape index (κ3) is 3.39. The summed E-state index contributed by atoms with van der Waals surface area (Å²) in [6.07, 6.45) is 4.00. The van der Waals surface area contributed by atoms with E-state index in [1.165, 1.54) is 56.6 Å². The Kier molecular flexibility index (Phi) is 4.78. The minimum Gasteiger partial charge on any atom is -0.496 e. The Morgan fingerprint density at radius 1 is 1.24 bits per heavy atom. The second kappa shape index (κ2) is 6.77. The monoisotopic (exact) mass is 289 g/mol. The van der Waals surface area contributed by atoms with Crippen LogP contribution in [0.2, 0.25) is 0 Å². The molecular formula is C17H27N3O. The Morgan fingerprint density at radius 3 is 2.90 bits per heavy atom. The number of hydrogen-bond acceptors (Lipinski definition) is 4. The normalized spacial score (nSPS) is 23.8. The van der Waals surface area contributed by atoms with Crippen molar-refractivity contribution in [2.45, 2.75) is 38.4 Å². The van der Waals surface area contributed by atoms with Gasteiger partial charge in [-0.15, -0.1) is 0 Å². The lowest BCUT2D eigenvalue weighted by Crippen LogP contribution is -2.36. The van der Waals surface area contributed by atoms with Gasteiger partial charge in [-0.25, -0.2) is 0 Å². The van der Waals surface area contributed by atoms with Gasteiger partial charge < -0.3 is 10.5 Å². The molecule has 0 radical (unpaired) electrons. The van der Waals surface area contributed by atoms with Gasteiger partial charge in [-0.2, -0.15) is 0 Å². The summed E-state index contributed by atoms with van der Waals surface area (Å²) in [4.78, 5) is 5.27. The van der Waals surface area contributed by atoms with Gasteiger partial charge >= 0.3 is 0 Å². The van der Waals surface area contributed by atoms with Gasteiger partial charge in [0.05, 0.1) is 7.11 Å². The molecule has 2 N–H and O–H groups in total. The molecule has 1 atom stereocenters. The van der Waals surface area contributed by atoms with Crippen LogP contribution in [-0.4, -0.2) is 49.1 Å². The number of fused-ring (bicyclic) bond motifs is 1. The molecule has 2 fully saturated rings. The lowest BCUT2D eigenvalue weighted by Gasteiger charge is -2.26. The summed E-state index contributed by atoms with van der Waals surface area (Å²) >= 11 is 0. The molecule has 2 saturated heterocycles. The highest BCUT2D eigenvalue weighted by Gasteiger charge is 2.28. The van der Waals surface area contributed by atoms with Crippen LogP contribution >= 0.6 is 0 Å². The van der Waals surface area contributed by atoms with Crippen LogP contribution in [0, 0.1) is 0 Å². The molecule has 0 saturated carbocycles. The van der Waals surface area contributed by atoms with E-state index in [4.69, 9.17) is 10.5 Å². The van der Waals surface area contributed by atoms with E-state index < -0.39 is 0 Å². The Labute approximate surface area is 127 Å². The van der Waals surface area contributed by atoms with E-state index in [1.807, 2.05) is 0 Å². The van der Waals surface area contributed by atoms with Crippen LogP contribution in [0.5, 0.6) is 5.75 Å². The molecular weight excluding hydrogens is 262 g/mol. The molecule has 1 aromatic carbocycles. The predicted octanol–water partition coefficient (Wildman–Crippen LogP) is 1.82. The molecule has 1 aromatic rings. The first-order valence-electron chi connectivity index (χ1n) is 8.12. The summed E-state index contributed by atoms with van der Waals surface area (Å²) in [5, 5.41) is 0. The number of hydrogen-bond donors (Lipinski definition) is 1. The summed E-state index contributed by atoms with van der Waals surface area (Å²) < 4.78 is 5.53. The zero-order valence-electron chi connectivity index (χ0n) is 13.1. The van der Waals surface area contributed by atoms with Crippen molar-refractivity contribution in [1.82, 2.24) is 9.80 Å². The third-order valence-corrected chi connectivity index (χ3v) is 4.86. The van der Waals surface area contributed by atoms with Gasteiger partial charge in [-0.3, -0.25) is 9.80 Å². The van der Waals surface area contributed by atoms with Crippen LogP contribution in [0.4, 0.5) is 0 Å². The number of benzene rings is 1. The van der Waals surface area contributed by atoms with E-state index in [1.54, 1.807) is 7.11 Å². The molecule has 2 aliphatic heterocycles. The van der Waals surface area contributed by atoms with Gasteiger partial charge in [0.15, 0.2) is 0 Å². The lowest BCUT2D eigenvalue weighted by atomic mass is 10.1. The van der Waals surface area contributed by atoms with E-state index in [0.717, 1.165) is 18.3 Å². The number of methoxy groups -OCH3 is 1. The van der Waals surface area contributed by atoms with Gasteiger partial charge in [-0.05, 0) is 56.6 Å². The van der Waals surface area contributed by atoms with Crippen molar-refractivity contribution in [3.63, 3.8) is 0 Å². The van der Waals surface area contributed by atoms with Crippen LogP contribution in [-0.2, 0) is 13.1 Å².